The van der Waals surface area contributed by atoms with E-state index < -0.39 is 27.3 Å². The maximum atomic E-state index is 13.9. The number of carbonyl (C=O) groups excluding carboxylic acids is 1. The van der Waals surface area contributed by atoms with Gasteiger partial charge in [-0.2, -0.15) is 12.7 Å². The van der Waals surface area contributed by atoms with Gasteiger partial charge >= 0.3 is 0 Å². The smallest absolute Gasteiger partial charge is 0.276 e. The van der Waals surface area contributed by atoms with Crippen molar-refractivity contribution in [1.29, 1.82) is 0 Å². The Balaban J connectivity index is 1.88. The number of nitrogens with zero attached hydrogens (tertiary/aromatic N) is 3. The molecule has 1 aromatic carbocycles. The monoisotopic (exact) mass is 422 g/mol. The first-order valence-electron chi connectivity index (χ1n) is 9.10. The summed E-state index contributed by atoms with van der Waals surface area (Å²) in [7, 11) is -3.83. The highest BCUT2D eigenvalue weighted by Gasteiger charge is 2.37. The number of rotatable bonds is 5. The molecule has 29 heavy (non-hydrogen) atoms. The van der Waals surface area contributed by atoms with E-state index in [-0.39, 0.29) is 31.1 Å². The highest BCUT2D eigenvalue weighted by Crippen LogP contribution is 2.36. The quantitative estimate of drug-likeness (QED) is 0.642. The molecule has 2 aromatic rings. The van der Waals surface area contributed by atoms with Crippen LogP contribution in [0.2, 0.25) is 0 Å². The van der Waals surface area contributed by atoms with Gasteiger partial charge in [-0.1, -0.05) is 12.1 Å². The van der Waals surface area contributed by atoms with Gasteiger partial charge in [0.15, 0.2) is 11.5 Å². The van der Waals surface area contributed by atoms with Gasteiger partial charge in [-0.15, -0.1) is 0 Å². The minimum atomic E-state index is -3.83. The third-order valence-electron chi connectivity index (χ3n) is 5.23. The second kappa shape index (κ2) is 8.39. The molecule has 1 aliphatic heterocycles. The number of aromatic nitrogens is 2. The number of carbonyl (C=O) groups is 1. The molecule has 0 aliphatic carbocycles. The van der Waals surface area contributed by atoms with Gasteiger partial charge in [-0.05, 0) is 37.0 Å². The van der Waals surface area contributed by atoms with E-state index in [1.165, 1.54) is 28.8 Å². The summed E-state index contributed by atoms with van der Waals surface area (Å²) in [5.74, 6) is -0.899. The van der Waals surface area contributed by atoms with Crippen LogP contribution in [-0.2, 0) is 15.6 Å². The number of hydrogen-bond acceptors (Lipinski definition) is 6. The molecule has 5 N–H and O–H groups in total. The predicted octanol–water partition coefficient (Wildman–Crippen LogP) is 0.555. The second-order valence-corrected chi connectivity index (χ2v) is 8.61. The van der Waals surface area contributed by atoms with Crippen molar-refractivity contribution in [3.63, 3.8) is 0 Å². The Morgan fingerprint density at radius 1 is 1.24 bits per heavy atom. The van der Waals surface area contributed by atoms with E-state index in [0.717, 1.165) is 0 Å². The summed E-state index contributed by atoms with van der Waals surface area (Å²) < 4.78 is 38.7. The first kappa shape index (κ1) is 21.1. The van der Waals surface area contributed by atoms with Crippen molar-refractivity contribution in [3.05, 3.63) is 53.7 Å². The van der Waals surface area contributed by atoms with Crippen molar-refractivity contribution in [1.82, 2.24) is 19.6 Å². The fourth-order valence-electron chi connectivity index (χ4n) is 3.67. The van der Waals surface area contributed by atoms with Gasteiger partial charge in [-0.3, -0.25) is 4.79 Å². The molecule has 0 bridgehead atoms. The molecule has 156 valence electrons. The molecule has 3 rings (SSSR count). The Kier molecular flexibility index (Phi) is 6.10. The minimum Gasteiger partial charge on any atom is -0.382 e. The summed E-state index contributed by atoms with van der Waals surface area (Å²) in [5, 5.41) is 8.09. The molecule has 0 saturated carbocycles. The zero-order valence-electron chi connectivity index (χ0n) is 15.7. The number of amides is 1. The Hall–Kier alpha value is -2.63. The van der Waals surface area contributed by atoms with Crippen molar-refractivity contribution < 1.29 is 17.6 Å². The molecule has 1 amide bonds. The van der Waals surface area contributed by atoms with Crippen LogP contribution in [0.3, 0.4) is 0 Å². The van der Waals surface area contributed by atoms with Gasteiger partial charge in [0, 0.05) is 37.4 Å². The van der Waals surface area contributed by atoms with Crippen LogP contribution >= 0.6 is 0 Å². The van der Waals surface area contributed by atoms with Crippen LogP contribution in [-0.4, -0.2) is 48.2 Å². The number of anilines is 1. The van der Waals surface area contributed by atoms with Crippen molar-refractivity contribution in [3.8, 4) is 0 Å². The molecule has 0 radical (unpaired) electrons. The lowest BCUT2D eigenvalue weighted by Gasteiger charge is -2.34. The highest BCUT2D eigenvalue weighted by molar-refractivity contribution is 7.86. The van der Waals surface area contributed by atoms with Gasteiger partial charge in [0.1, 0.15) is 5.82 Å². The fourth-order valence-corrected chi connectivity index (χ4v) is 4.40. The predicted molar refractivity (Wildman–Crippen MR) is 105 cm³/mol. The number of halogens is 1. The van der Waals surface area contributed by atoms with Gasteiger partial charge in [0.25, 0.3) is 16.1 Å². The van der Waals surface area contributed by atoms with E-state index >= 15 is 0 Å². The zero-order valence-corrected chi connectivity index (χ0v) is 16.5. The lowest BCUT2D eigenvalue weighted by atomic mass is 9.74. The summed E-state index contributed by atoms with van der Waals surface area (Å²) in [6.45, 7) is 0.587. The highest BCUT2D eigenvalue weighted by atomic mass is 32.2. The van der Waals surface area contributed by atoms with Gasteiger partial charge in [-0.25, -0.2) is 19.5 Å². The van der Waals surface area contributed by atoms with Gasteiger partial charge in [0.05, 0.1) is 0 Å². The van der Waals surface area contributed by atoms with Crippen LogP contribution in [0.25, 0.3) is 0 Å². The molecule has 1 unspecified atom stereocenters. The summed E-state index contributed by atoms with van der Waals surface area (Å²) in [5.41, 5.74) is 5.72. The third kappa shape index (κ3) is 4.86. The van der Waals surface area contributed by atoms with E-state index in [9.17, 15) is 17.6 Å². The van der Waals surface area contributed by atoms with E-state index in [0.29, 0.717) is 24.8 Å². The van der Waals surface area contributed by atoms with E-state index in [1.807, 2.05) is 0 Å². The molecular formula is C18H23FN6O3S. The Bertz CT molecular complexity index is 1000. The Morgan fingerprint density at radius 3 is 2.69 bits per heavy atom. The largest absolute Gasteiger partial charge is 0.382 e. The van der Waals surface area contributed by atoms with E-state index in [2.05, 4.69) is 15.3 Å². The van der Waals surface area contributed by atoms with Gasteiger partial charge in [0.2, 0.25) is 0 Å². The standard InChI is InChI=1S/C18H23FN6O3S/c19-14-4-1-3-13(11-14)18(5-2-9-25(10-6-18)29(21,27)28)12-24-17(26)15-16(20)23-8-7-22-15/h1,3-4,7-8,11H,2,5-6,9-10,12H2,(H2,20,23)(H,24,26)(H2,21,27,28). The first-order chi connectivity index (χ1) is 13.7. The van der Waals surface area contributed by atoms with Crippen LogP contribution < -0.4 is 16.2 Å². The molecular weight excluding hydrogens is 399 g/mol. The Labute approximate surface area is 168 Å². The maximum absolute atomic E-state index is 13.9. The normalized spacial score (nSPS) is 20.8. The molecule has 1 aliphatic rings. The number of hydrogen-bond donors (Lipinski definition) is 3. The summed E-state index contributed by atoms with van der Waals surface area (Å²) in [6.07, 6.45) is 4.16. The number of nitrogens with one attached hydrogen (secondary N) is 1. The molecule has 11 heteroatoms. The van der Waals surface area contributed by atoms with Crippen molar-refractivity contribution in [2.75, 3.05) is 25.4 Å². The van der Waals surface area contributed by atoms with Crippen molar-refractivity contribution in [2.45, 2.75) is 24.7 Å². The fraction of sp³-hybridized carbons (Fsp3) is 0.389. The SMILES string of the molecule is Nc1nccnc1C(=O)NCC1(c2cccc(F)c2)CCCN(S(N)(=O)=O)CC1. The molecule has 9 nitrogen and oxygen atoms in total. The summed E-state index contributed by atoms with van der Waals surface area (Å²) >= 11 is 0. The first-order valence-corrected chi connectivity index (χ1v) is 10.6. The van der Waals surface area contributed by atoms with Crippen molar-refractivity contribution >= 4 is 21.9 Å². The van der Waals surface area contributed by atoms with Crippen molar-refractivity contribution in [2.24, 2.45) is 5.14 Å². The zero-order chi connectivity index (χ0) is 21.1. The lowest BCUT2D eigenvalue weighted by molar-refractivity contribution is 0.0936. The van der Waals surface area contributed by atoms with Crippen LogP contribution in [0, 0.1) is 5.82 Å². The summed E-state index contributed by atoms with van der Waals surface area (Å²) in [4.78, 5) is 20.4. The topological polar surface area (TPSA) is 144 Å². The summed E-state index contributed by atoms with van der Waals surface area (Å²) in [6, 6.07) is 6.12. The second-order valence-electron chi connectivity index (χ2n) is 7.06. The molecule has 1 aromatic heterocycles. The third-order valence-corrected chi connectivity index (χ3v) is 6.31. The molecule has 1 fully saturated rings. The van der Waals surface area contributed by atoms with Gasteiger partial charge < -0.3 is 11.1 Å². The average Bonchev–Trinajstić information content (AvgIpc) is 2.90. The Morgan fingerprint density at radius 2 is 2.00 bits per heavy atom. The average molecular weight is 422 g/mol. The number of nitrogens with two attached hydrogens (primary N) is 2. The van der Waals surface area contributed by atoms with Crippen LogP contribution in [0.1, 0.15) is 35.3 Å². The van der Waals surface area contributed by atoms with E-state index in [1.54, 1.807) is 12.1 Å². The van der Waals surface area contributed by atoms with Crippen LogP contribution in [0.4, 0.5) is 10.2 Å². The number of nitrogen functional groups attached to an aromatic ring is 1. The van der Waals surface area contributed by atoms with E-state index in [4.69, 9.17) is 10.9 Å². The van der Waals surface area contributed by atoms with Crippen LogP contribution in [0.5, 0.6) is 0 Å². The lowest BCUT2D eigenvalue weighted by Crippen LogP contribution is -2.43. The minimum absolute atomic E-state index is 0.00155. The molecule has 1 atom stereocenters. The molecule has 0 spiro atoms. The number of benzene rings is 1. The molecule has 1 saturated heterocycles. The van der Waals surface area contributed by atoms with Crippen LogP contribution in [0.15, 0.2) is 36.7 Å². The molecule has 2 heterocycles. The maximum Gasteiger partial charge on any atom is 0.276 e.